The van der Waals surface area contributed by atoms with Crippen molar-refractivity contribution in [3.05, 3.63) is 60.8 Å². The van der Waals surface area contributed by atoms with Crippen molar-refractivity contribution < 1.29 is 68.2 Å². The van der Waals surface area contributed by atoms with Crippen LogP contribution in [0.4, 0.5) is 0 Å². The molecule has 1 rings (SSSR count). The van der Waals surface area contributed by atoms with Gasteiger partial charge >= 0.3 is 19.8 Å². The van der Waals surface area contributed by atoms with Gasteiger partial charge in [-0.3, -0.25) is 18.6 Å². The van der Waals surface area contributed by atoms with E-state index in [-0.39, 0.29) is 18.9 Å². The zero-order valence-corrected chi connectivity index (χ0v) is 39.8. The van der Waals surface area contributed by atoms with Gasteiger partial charge in [0.25, 0.3) is 0 Å². The molecule has 1 saturated carbocycles. The molecule has 15 heteroatoms. The number of allylic oxidation sites excluding steroid dienone is 9. The van der Waals surface area contributed by atoms with Crippen LogP contribution < -0.4 is 0 Å². The van der Waals surface area contributed by atoms with Gasteiger partial charge in [0, 0.05) is 12.8 Å². The largest absolute Gasteiger partial charge is 0.472 e. The van der Waals surface area contributed by atoms with Gasteiger partial charge in [0.1, 0.15) is 43.2 Å². The molecule has 0 bridgehead atoms. The van der Waals surface area contributed by atoms with E-state index in [1.807, 2.05) is 30.4 Å². The highest BCUT2D eigenvalue weighted by Crippen LogP contribution is 2.47. The fraction of sp³-hybridized carbons (Fsp3) is 0.755. The second kappa shape index (κ2) is 38.6. The van der Waals surface area contributed by atoms with Crippen molar-refractivity contribution in [3.8, 4) is 0 Å². The molecule has 370 valence electrons. The van der Waals surface area contributed by atoms with Crippen molar-refractivity contribution in [1.82, 2.24) is 0 Å². The third-order valence-corrected chi connectivity index (χ3v) is 11.9. The first-order chi connectivity index (χ1) is 30.8. The van der Waals surface area contributed by atoms with E-state index in [0.29, 0.717) is 19.3 Å². The Morgan fingerprint density at radius 2 is 1.00 bits per heavy atom. The maximum atomic E-state index is 12.8. The Kier molecular flexibility index (Phi) is 35.9. The number of carbonyl (C=O) groups is 2. The first kappa shape index (κ1) is 59.5. The molecule has 0 heterocycles. The van der Waals surface area contributed by atoms with Gasteiger partial charge in [-0.25, -0.2) is 4.57 Å². The van der Waals surface area contributed by atoms with Crippen molar-refractivity contribution in [2.75, 3.05) is 13.2 Å². The highest BCUT2D eigenvalue weighted by molar-refractivity contribution is 7.47. The highest BCUT2D eigenvalue weighted by atomic mass is 31.2. The standard InChI is InChI=1S/C49H85O14P/c1-3-5-7-8-9-10-11-12-13-14-15-16-20-23-26-29-32-36-42(51)60-38-41(39-61-64(58,59)63-49-47(56)45(54)44(53)46(55)48(49)57)62-43(52)37-33-30-27-24-21-18-17-19-22-25-28-31-35-40(50)34-6-4-2/h12-13,17-18,22,24-25,27,31,35,40-41,44-50,53-57H,3-11,14-16,19-21,23,26,28-30,32-34,36-39H2,1-2H3,(H,58,59)/b13-12-,18-17-,25-22-,27-24-,35-31-/t40-,41-,44?,45-,46+,47-,48-,49?/m1/s1. The molecule has 9 atom stereocenters. The topological polar surface area (TPSA) is 230 Å². The molecule has 0 spiro atoms. The number of esters is 2. The third-order valence-electron chi connectivity index (χ3n) is 10.9. The van der Waals surface area contributed by atoms with Crippen LogP contribution in [0, 0.1) is 0 Å². The molecular formula is C49H85O14P. The summed E-state index contributed by atoms with van der Waals surface area (Å²) in [5.74, 6) is -1.19. The first-order valence-corrected chi connectivity index (χ1v) is 25.7. The van der Waals surface area contributed by atoms with Crippen molar-refractivity contribution in [3.63, 3.8) is 0 Å². The number of rotatable bonds is 39. The average molecular weight is 929 g/mol. The Morgan fingerprint density at radius 1 is 0.547 bits per heavy atom. The molecule has 0 amide bonds. The zero-order chi connectivity index (χ0) is 47.3. The second-order valence-electron chi connectivity index (χ2n) is 16.8. The monoisotopic (exact) mass is 929 g/mol. The summed E-state index contributed by atoms with van der Waals surface area (Å²) in [6.45, 7) is 3.09. The van der Waals surface area contributed by atoms with Gasteiger partial charge in [-0.05, 0) is 70.6 Å². The average Bonchev–Trinajstić information content (AvgIpc) is 3.27. The molecule has 64 heavy (non-hydrogen) atoms. The van der Waals surface area contributed by atoms with E-state index < -0.39 is 75.7 Å². The number of hydrogen-bond acceptors (Lipinski definition) is 13. The number of aliphatic hydroxyl groups excluding tert-OH is 6. The molecule has 0 aromatic rings. The van der Waals surface area contributed by atoms with Gasteiger partial charge in [0.05, 0.1) is 12.7 Å². The van der Waals surface area contributed by atoms with Gasteiger partial charge in [-0.1, -0.05) is 152 Å². The van der Waals surface area contributed by atoms with Crippen molar-refractivity contribution in [1.29, 1.82) is 0 Å². The third kappa shape index (κ3) is 30.7. The Labute approximate surface area is 384 Å². The molecule has 0 radical (unpaired) electrons. The molecular weight excluding hydrogens is 843 g/mol. The lowest BCUT2D eigenvalue weighted by Crippen LogP contribution is -2.64. The van der Waals surface area contributed by atoms with Crippen molar-refractivity contribution in [2.24, 2.45) is 0 Å². The number of ether oxygens (including phenoxy) is 2. The SMILES string of the molecule is CCCCCCCC/C=C\CCCCCCCCCC(=O)OC[C@H](COP(=O)(O)OC1[C@H](O)[C@H](O)C(O)[C@H](O)[C@H]1O)OC(=O)CCC/C=C\C/C=C\C/C=C\C/C=C\[C@H](O)CCCC. The Balaban J connectivity index is 2.50. The smallest absolute Gasteiger partial charge is 0.462 e. The number of aliphatic hydroxyl groups is 6. The Hall–Kier alpha value is -2.49. The summed E-state index contributed by atoms with van der Waals surface area (Å²) < 4.78 is 33.5. The maximum absolute atomic E-state index is 12.8. The van der Waals surface area contributed by atoms with E-state index in [1.165, 1.54) is 57.8 Å². The molecule has 7 N–H and O–H groups in total. The van der Waals surface area contributed by atoms with Crippen LogP contribution in [0.5, 0.6) is 0 Å². The lowest BCUT2D eigenvalue weighted by atomic mass is 9.85. The minimum absolute atomic E-state index is 0.00129. The fourth-order valence-electron chi connectivity index (χ4n) is 6.94. The van der Waals surface area contributed by atoms with Gasteiger partial charge in [-0.15, -0.1) is 0 Å². The van der Waals surface area contributed by atoms with Crippen LogP contribution in [0.1, 0.15) is 174 Å². The maximum Gasteiger partial charge on any atom is 0.472 e. The highest BCUT2D eigenvalue weighted by Gasteiger charge is 2.51. The van der Waals surface area contributed by atoms with Crippen LogP contribution in [-0.2, 0) is 32.7 Å². The van der Waals surface area contributed by atoms with Crippen LogP contribution in [0.2, 0.25) is 0 Å². The predicted octanol–water partition coefficient (Wildman–Crippen LogP) is 8.70. The zero-order valence-electron chi connectivity index (χ0n) is 38.9. The second-order valence-corrected chi connectivity index (χ2v) is 18.2. The molecule has 1 aliphatic rings. The van der Waals surface area contributed by atoms with E-state index in [9.17, 15) is 49.7 Å². The molecule has 0 aromatic heterocycles. The molecule has 0 aliphatic heterocycles. The van der Waals surface area contributed by atoms with Crippen LogP contribution in [0.15, 0.2) is 60.8 Å². The summed E-state index contributed by atoms with van der Waals surface area (Å²) in [5, 5.41) is 60.0. The Bertz CT molecular complexity index is 1370. The van der Waals surface area contributed by atoms with E-state index >= 15 is 0 Å². The molecule has 0 aromatic carbocycles. The molecule has 0 saturated heterocycles. The van der Waals surface area contributed by atoms with Crippen LogP contribution in [0.25, 0.3) is 0 Å². The number of hydrogen-bond donors (Lipinski definition) is 7. The van der Waals surface area contributed by atoms with Gasteiger partial charge in [-0.2, -0.15) is 0 Å². The van der Waals surface area contributed by atoms with E-state index in [2.05, 4.69) is 44.2 Å². The lowest BCUT2D eigenvalue weighted by Gasteiger charge is -2.41. The van der Waals surface area contributed by atoms with E-state index in [1.54, 1.807) is 0 Å². The first-order valence-electron chi connectivity index (χ1n) is 24.2. The number of unbranched alkanes of at least 4 members (excludes halogenated alkanes) is 15. The Morgan fingerprint density at radius 3 is 1.58 bits per heavy atom. The number of carbonyl (C=O) groups excluding carboxylic acids is 2. The molecule has 14 nitrogen and oxygen atoms in total. The summed E-state index contributed by atoms with van der Waals surface area (Å²) in [5.41, 5.74) is 0. The fourth-order valence-corrected chi connectivity index (χ4v) is 7.91. The lowest BCUT2D eigenvalue weighted by molar-refractivity contribution is -0.220. The predicted molar refractivity (Wildman–Crippen MR) is 250 cm³/mol. The van der Waals surface area contributed by atoms with Crippen molar-refractivity contribution in [2.45, 2.75) is 223 Å². The molecule has 1 aliphatic carbocycles. The molecule has 1 fully saturated rings. The number of phosphoric ester groups is 1. The van der Waals surface area contributed by atoms with E-state index in [0.717, 1.165) is 70.6 Å². The summed E-state index contributed by atoms with van der Waals surface area (Å²) >= 11 is 0. The summed E-state index contributed by atoms with van der Waals surface area (Å²) in [7, 11) is -5.15. The summed E-state index contributed by atoms with van der Waals surface area (Å²) in [6, 6.07) is 0. The normalized spacial score (nSPS) is 22.6. The minimum atomic E-state index is -5.15. The van der Waals surface area contributed by atoms with Gasteiger partial charge in [0.15, 0.2) is 6.10 Å². The molecule has 3 unspecified atom stereocenters. The summed E-state index contributed by atoms with van der Waals surface area (Å²) in [4.78, 5) is 35.7. The van der Waals surface area contributed by atoms with Gasteiger partial charge in [0.2, 0.25) is 0 Å². The number of phosphoric acid groups is 1. The van der Waals surface area contributed by atoms with Crippen LogP contribution in [0.3, 0.4) is 0 Å². The van der Waals surface area contributed by atoms with Crippen LogP contribution >= 0.6 is 7.82 Å². The summed E-state index contributed by atoms with van der Waals surface area (Å²) in [6.07, 6.45) is 30.3. The van der Waals surface area contributed by atoms with Gasteiger partial charge < -0.3 is 45.0 Å². The minimum Gasteiger partial charge on any atom is -0.462 e. The van der Waals surface area contributed by atoms with Crippen LogP contribution in [-0.4, -0.2) is 110 Å². The van der Waals surface area contributed by atoms with Crippen molar-refractivity contribution >= 4 is 19.8 Å². The quantitative estimate of drug-likeness (QED) is 0.0132. The van der Waals surface area contributed by atoms with E-state index in [4.69, 9.17) is 18.5 Å².